The number of rotatable bonds is 7. The van der Waals surface area contributed by atoms with Gasteiger partial charge in [0.1, 0.15) is 5.75 Å². The molecule has 0 aliphatic rings. The van der Waals surface area contributed by atoms with Crippen LogP contribution in [0.3, 0.4) is 0 Å². The summed E-state index contributed by atoms with van der Waals surface area (Å²) in [5.41, 5.74) is 2.68. The summed E-state index contributed by atoms with van der Waals surface area (Å²) in [4.78, 5) is 24.4. The zero-order chi connectivity index (χ0) is 21.5. The van der Waals surface area contributed by atoms with Gasteiger partial charge in [-0.1, -0.05) is 42.3 Å². The van der Waals surface area contributed by atoms with E-state index < -0.39 is 0 Å². The van der Waals surface area contributed by atoms with Crippen molar-refractivity contribution in [3.63, 3.8) is 0 Å². The molecule has 3 rings (SSSR count). The van der Waals surface area contributed by atoms with Crippen LogP contribution >= 0.6 is 23.2 Å². The Morgan fingerprint density at radius 1 is 0.867 bits per heavy atom. The van der Waals surface area contributed by atoms with Gasteiger partial charge in [0.2, 0.25) is 0 Å². The molecule has 0 aliphatic heterocycles. The van der Waals surface area contributed by atoms with Gasteiger partial charge in [-0.25, -0.2) is 0 Å². The van der Waals surface area contributed by atoms with Gasteiger partial charge in [-0.15, -0.1) is 0 Å². The van der Waals surface area contributed by atoms with E-state index in [0.29, 0.717) is 27.7 Å². The molecule has 3 aromatic rings. The van der Waals surface area contributed by atoms with Crippen molar-refractivity contribution in [1.29, 1.82) is 0 Å². The summed E-state index contributed by atoms with van der Waals surface area (Å²) in [6, 6.07) is 19.0. The molecule has 0 heterocycles. The predicted molar refractivity (Wildman–Crippen MR) is 121 cm³/mol. The van der Waals surface area contributed by atoms with Crippen LogP contribution in [0, 0.1) is 0 Å². The first-order valence-electron chi connectivity index (χ1n) is 9.32. The number of halogens is 2. The fraction of sp³-hybridized carbons (Fsp3) is 0.130. The molecule has 0 aliphatic carbocycles. The molecule has 5 nitrogen and oxygen atoms in total. The summed E-state index contributed by atoms with van der Waals surface area (Å²) in [7, 11) is 0. The fourth-order valence-corrected chi connectivity index (χ4v) is 3.17. The van der Waals surface area contributed by atoms with Gasteiger partial charge in [0.05, 0.1) is 10.6 Å². The topological polar surface area (TPSA) is 67.4 Å². The lowest BCUT2D eigenvalue weighted by Gasteiger charge is -2.10. The monoisotopic (exact) mass is 442 g/mol. The molecule has 2 amide bonds. The summed E-state index contributed by atoms with van der Waals surface area (Å²) in [6.45, 7) is 1.98. The molecule has 30 heavy (non-hydrogen) atoms. The highest BCUT2D eigenvalue weighted by atomic mass is 35.5. The summed E-state index contributed by atoms with van der Waals surface area (Å²) in [6.07, 6.45) is 0.948. The van der Waals surface area contributed by atoms with Crippen LogP contribution in [0.5, 0.6) is 5.75 Å². The maximum Gasteiger partial charge on any atom is 0.262 e. The third-order valence-electron chi connectivity index (χ3n) is 4.30. The maximum absolute atomic E-state index is 12.3. The van der Waals surface area contributed by atoms with E-state index in [1.807, 2.05) is 24.3 Å². The smallest absolute Gasteiger partial charge is 0.262 e. The molecule has 0 aromatic heterocycles. The van der Waals surface area contributed by atoms with E-state index in [9.17, 15) is 9.59 Å². The lowest BCUT2D eigenvalue weighted by molar-refractivity contribution is -0.118. The Balaban J connectivity index is 1.52. The first-order valence-corrected chi connectivity index (χ1v) is 10.1. The van der Waals surface area contributed by atoms with Crippen molar-refractivity contribution in [1.82, 2.24) is 0 Å². The van der Waals surface area contributed by atoms with E-state index in [0.717, 1.165) is 6.42 Å². The summed E-state index contributed by atoms with van der Waals surface area (Å²) < 4.78 is 5.49. The molecule has 154 valence electrons. The molecule has 2 N–H and O–H groups in total. The van der Waals surface area contributed by atoms with Gasteiger partial charge in [0.15, 0.2) is 6.61 Å². The van der Waals surface area contributed by atoms with Gasteiger partial charge in [0.25, 0.3) is 11.8 Å². The molecule has 0 saturated carbocycles. The van der Waals surface area contributed by atoms with Gasteiger partial charge in [0, 0.05) is 16.4 Å². The standard InChI is InChI=1S/C23H20Cl2N2O3/c1-2-15-3-10-19(11-4-15)30-14-22(28)26-17-6-8-18(9-7-17)27-23(29)20-12-5-16(24)13-21(20)25/h3-13H,2,14H2,1H3,(H,26,28)(H,27,29). The number of amides is 2. The van der Waals surface area contributed by atoms with Crippen LogP contribution in [-0.2, 0) is 11.2 Å². The third kappa shape index (κ3) is 5.99. The number of hydrogen-bond donors (Lipinski definition) is 2. The number of carbonyl (C=O) groups is 2. The Kier molecular flexibility index (Phi) is 7.33. The van der Waals surface area contributed by atoms with Crippen molar-refractivity contribution < 1.29 is 14.3 Å². The molecule has 0 fully saturated rings. The van der Waals surface area contributed by atoms with Crippen LogP contribution in [0.4, 0.5) is 11.4 Å². The Hall–Kier alpha value is -3.02. The first kappa shape index (κ1) is 21.7. The molecule has 3 aromatic carbocycles. The number of aryl methyl sites for hydroxylation is 1. The minimum Gasteiger partial charge on any atom is -0.484 e. The Morgan fingerprint density at radius 3 is 2.10 bits per heavy atom. The van der Waals surface area contributed by atoms with Crippen molar-refractivity contribution in [2.24, 2.45) is 0 Å². The van der Waals surface area contributed by atoms with Gasteiger partial charge in [-0.2, -0.15) is 0 Å². The average Bonchev–Trinajstić information content (AvgIpc) is 2.74. The van der Waals surface area contributed by atoms with Crippen LogP contribution in [0.1, 0.15) is 22.8 Å². The van der Waals surface area contributed by atoms with Crippen LogP contribution in [0.2, 0.25) is 10.0 Å². The summed E-state index contributed by atoms with van der Waals surface area (Å²) >= 11 is 11.9. The SMILES string of the molecule is CCc1ccc(OCC(=O)Nc2ccc(NC(=O)c3ccc(Cl)cc3Cl)cc2)cc1. The van der Waals surface area contributed by atoms with Gasteiger partial charge >= 0.3 is 0 Å². The van der Waals surface area contributed by atoms with E-state index in [2.05, 4.69) is 17.6 Å². The largest absolute Gasteiger partial charge is 0.484 e. The number of anilines is 2. The minimum absolute atomic E-state index is 0.0982. The highest BCUT2D eigenvalue weighted by molar-refractivity contribution is 6.37. The number of carbonyl (C=O) groups excluding carboxylic acids is 2. The highest BCUT2D eigenvalue weighted by Gasteiger charge is 2.11. The third-order valence-corrected chi connectivity index (χ3v) is 4.85. The van der Waals surface area contributed by atoms with Gasteiger partial charge < -0.3 is 15.4 Å². The molecule has 0 saturated heterocycles. The van der Waals surface area contributed by atoms with Crippen LogP contribution in [-0.4, -0.2) is 18.4 Å². The number of benzene rings is 3. The maximum atomic E-state index is 12.3. The van der Waals surface area contributed by atoms with Crippen molar-refractivity contribution in [2.45, 2.75) is 13.3 Å². The normalized spacial score (nSPS) is 10.4. The number of nitrogens with one attached hydrogen (secondary N) is 2. The number of ether oxygens (including phenoxy) is 1. The molecular formula is C23H20Cl2N2O3. The van der Waals surface area contributed by atoms with E-state index in [1.54, 1.807) is 36.4 Å². The molecule has 0 radical (unpaired) electrons. The second-order valence-corrected chi connectivity index (χ2v) is 7.33. The van der Waals surface area contributed by atoms with E-state index in [-0.39, 0.29) is 23.4 Å². The molecular weight excluding hydrogens is 423 g/mol. The van der Waals surface area contributed by atoms with Gasteiger partial charge in [-0.05, 0) is 66.6 Å². The number of hydrogen-bond acceptors (Lipinski definition) is 3. The van der Waals surface area contributed by atoms with E-state index >= 15 is 0 Å². The van der Waals surface area contributed by atoms with Crippen LogP contribution < -0.4 is 15.4 Å². The molecule has 0 bridgehead atoms. The second kappa shape index (κ2) is 10.1. The van der Waals surface area contributed by atoms with Crippen LogP contribution in [0.15, 0.2) is 66.7 Å². The Bertz CT molecular complexity index is 1040. The Labute approximate surface area is 185 Å². The quantitative estimate of drug-likeness (QED) is 0.483. The van der Waals surface area contributed by atoms with Crippen LogP contribution in [0.25, 0.3) is 0 Å². The van der Waals surface area contributed by atoms with Crippen molar-refractivity contribution in [3.8, 4) is 5.75 Å². The second-order valence-electron chi connectivity index (χ2n) is 6.49. The van der Waals surface area contributed by atoms with E-state index in [4.69, 9.17) is 27.9 Å². The fourth-order valence-electron chi connectivity index (χ4n) is 2.68. The minimum atomic E-state index is -0.351. The van der Waals surface area contributed by atoms with Gasteiger partial charge in [-0.3, -0.25) is 9.59 Å². The summed E-state index contributed by atoms with van der Waals surface area (Å²) in [5.74, 6) is 0.0107. The van der Waals surface area contributed by atoms with Crippen molar-refractivity contribution >= 4 is 46.4 Å². The summed E-state index contributed by atoms with van der Waals surface area (Å²) in [5, 5.41) is 6.23. The lowest BCUT2D eigenvalue weighted by atomic mass is 10.2. The zero-order valence-corrected chi connectivity index (χ0v) is 17.8. The average molecular weight is 443 g/mol. The van der Waals surface area contributed by atoms with Crippen molar-refractivity contribution in [3.05, 3.63) is 87.9 Å². The molecule has 0 spiro atoms. The molecule has 7 heteroatoms. The molecule has 0 unspecified atom stereocenters. The molecule has 0 atom stereocenters. The highest BCUT2D eigenvalue weighted by Crippen LogP contribution is 2.22. The zero-order valence-electron chi connectivity index (χ0n) is 16.2. The predicted octanol–water partition coefficient (Wildman–Crippen LogP) is 5.83. The van der Waals surface area contributed by atoms with E-state index in [1.165, 1.54) is 11.6 Å². The lowest BCUT2D eigenvalue weighted by Crippen LogP contribution is -2.20. The first-order chi connectivity index (χ1) is 14.4. The Morgan fingerprint density at radius 2 is 1.50 bits per heavy atom. The van der Waals surface area contributed by atoms with Crippen molar-refractivity contribution in [2.75, 3.05) is 17.2 Å².